The van der Waals surface area contributed by atoms with Crippen molar-refractivity contribution in [2.24, 2.45) is 11.8 Å². The lowest BCUT2D eigenvalue weighted by Gasteiger charge is -2.03. The molecule has 1 rings (SSSR count). The van der Waals surface area contributed by atoms with Gasteiger partial charge in [-0.1, -0.05) is 63.3 Å². The molecule has 132 valence electrons. The van der Waals surface area contributed by atoms with Gasteiger partial charge in [-0.05, 0) is 43.9 Å². The molecule has 0 bridgehead atoms. The van der Waals surface area contributed by atoms with E-state index in [0.717, 1.165) is 43.9 Å². The molecule has 23 heavy (non-hydrogen) atoms. The zero-order chi connectivity index (χ0) is 16.9. The highest BCUT2D eigenvalue weighted by Crippen LogP contribution is 2.45. The van der Waals surface area contributed by atoms with E-state index in [9.17, 15) is 9.90 Å². The zero-order valence-corrected chi connectivity index (χ0v) is 14.6. The summed E-state index contributed by atoms with van der Waals surface area (Å²) in [5, 5.41) is 18.3. The predicted octanol–water partition coefficient (Wildman–Crippen LogP) is 5.10. The molecule has 3 atom stereocenters. The molecule has 3 heteroatoms. The number of rotatable bonds is 14. The monoisotopic (exact) mass is 322 g/mol. The van der Waals surface area contributed by atoms with Crippen molar-refractivity contribution in [3.63, 3.8) is 0 Å². The van der Waals surface area contributed by atoms with Crippen LogP contribution in [0.2, 0.25) is 0 Å². The summed E-state index contributed by atoms with van der Waals surface area (Å²) in [5.74, 6) is 1.02. The van der Waals surface area contributed by atoms with E-state index in [4.69, 9.17) is 5.11 Å². The second-order valence-electron chi connectivity index (χ2n) is 6.85. The fourth-order valence-corrected chi connectivity index (χ4v) is 3.08. The summed E-state index contributed by atoms with van der Waals surface area (Å²) in [6.07, 6.45) is 19.2. The fraction of sp³-hybridized carbons (Fsp3) is 0.750. The van der Waals surface area contributed by atoms with Gasteiger partial charge in [-0.3, -0.25) is 4.79 Å². The molecule has 1 fully saturated rings. The van der Waals surface area contributed by atoms with Crippen molar-refractivity contribution in [1.82, 2.24) is 0 Å². The summed E-state index contributed by atoms with van der Waals surface area (Å²) < 4.78 is 0. The van der Waals surface area contributed by atoms with E-state index in [0.29, 0.717) is 6.42 Å². The average molecular weight is 322 g/mol. The summed E-state index contributed by atoms with van der Waals surface area (Å²) in [4.78, 5) is 10.4. The first kappa shape index (κ1) is 20.0. The number of hydrogen-bond donors (Lipinski definition) is 2. The molecule has 0 aromatic heterocycles. The third-order valence-corrected chi connectivity index (χ3v) is 4.67. The van der Waals surface area contributed by atoms with Gasteiger partial charge in [0.05, 0.1) is 6.10 Å². The molecule has 3 nitrogen and oxygen atoms in total. The fourth-order valence-electron chi connectivity index (χ4n) is 3.08. The summed E-state index contributed by atoms with van der Waals surface area (Å²) in [5.41, 5.74) is 0. The maximum Gasteiger partial charge on any atom is 0.303 e. The van der Waals surface area contributed by atoms with Crippen molar-refractivity contribution >= 4 is 5.97 Å². The topological polar surface area (TPSA) is 57.5 Å². The molecule has 1 saturated carbocycles. The van der Waals surface area contributed by atoms with Crippen LogP contribution in [0.15, 0.2) is 24.3 Å². The minimum Gasteiger partial charge on any atom is -0.481 e. The van der Waals surface area contributed by atoms with E-state index in [2.05, 4.69) is 13.0 Å². The Bertz CT molecular complexity index is 373. The van der Waals surface area contributed by atoms with Gasteiger partial charge in [-0.25, -0.2) is 0 Å². The largest absolute Gasteiger partial charge is 0.481 e. The number of carbonyl (C=O) groups is 1. The van der Waals surface area contributed by atoms with Gasteiger partial charge in [0.2, 0.25) is 0 Å². The molecular formula is C20H34O3. The highest BCUT2D eigenvalue weighted by atomic mass is 16.4. The highest BCUT2D eigenvalue weighted by Gasteiger charge is 2.34. The number of unbranched alkanes of at least 4 members (excludes halogenated alkanes) is 3. The Balaban J connectivity index is 1.95. The number of hydrogen-bond acceptors (Lipinski definition) is 2. The molecule has 0 aromatic rings. The normalized spacial score (nSPS) is 22.0. The van der Waals surface area contributed by atoms with E-state index >= 15 is 0 Å². The zero-order valence-electron chi connectivity index (χ0n) is 14.6. The number of aliphatic carboxylic acids is 1. The molecule has 2 N–H and O–H groups in total. The van der Waals surface area contributed by atoms with Gasteiger partial charge in [0.1, 0.15) is 0 Å². The van der Waals surface area contributed by atoms with E-state index < -0.39 is 5.97 Å². The Kier molecular flexibility index (Phi) is 10.7. The van der Waals surface area contributed by atoms with Crippen LogP contribution in [0.25, 0.3) is 0 Å². The van der Waals surface area contributed by atoms with Crippen LogP contribution in [0.4, 0.5) is 0 Å². The van der Waals surface area contributed by atoms with Gasteiger partial charge in [0.25, 0.3) is 0 Å². The Hall–Kier alpha value is -1.09. The summed E-state index contributed by atoms with van der Waals surface area (Å²) >= 11 is 0. The Morgan fingerprint density at radius 3 is 2.65 bits per heavy atom. The molecule has 0 spiro atoms. The average Bonchev–Trinajstić information content (AvgIpc) is 3.26. The Morgan fingerprint density at radius 1 is 1.13 bits per heavy atom. The van der Waals surface area contributed by atoms with Crippen LogP contribution in [0.1, 0.15) is 77.6 Å². The standard InChI is InChI=1S/C20H34O3/c1-2-3-6-13-19(21)14-8-5-4-7-11-17-16-18(17)12-9-10-15-20(22)23/h4-5,8,14,17-19,21H,2-3,6-7,9-13,15-16H2,1H3,(H,22,23)/b5-4-,14-8+/t17-,18+,19+/m0/s1. The highest BCUT2D eigenvalue weighted by molar-refractivity contribution is 5.66. The maximum atomic E-state index is 10.4. The maximum absolute atomic E-state index is 10.4. The number of carboxylic acid groups (broad SMARTS) is 1. The Labute approximate surface area is 141 Å². The van der Waals surface area contributed by atoms with Gasteiger partial charge in [0, 0.05) is 6.42 Å². The summed E-state index contributed by atoms with van der Waals surface area (Å²) in [6, 6.07) is 0. The van der Waals surface area contributed by atoms with Crippen LogP contribution in [0.5, 0.6) is 0 Å². The van der Waals surface area contributed by atoms with Crippen molar-refractivity contribution in [3.8, 4) is 0 Å². The van der Waals surface area contributed by atoms with E-state index in [1.54, 1.807) is 0 Å². The quantitative estimate of drug-likeness (QED) is 0.345. The van der Waals surface area contributed by atoms with Crippen molar-refractivity contribution < 1.29 is 15.0 Å². The first-order valence-corrected chi connectivity index (χ1v) is 9.36. The van der Waals surface area contributed by atoms with Crippen molar-refractivity contribution in [2.45, 2.75) is 83.7 Å². The van der Waals surface area contributed by atoms with Crippen LogP contribution in [-0.2, 0) is 4.79 Å². The number of carboxylic acids is 1. The van der Waals surface area contributed by atoms with Crippen LogP contribution < -0.4 is 0 Å². The molecule has 0 amide bonds. The van der Waals surface area contributed by atoms with Crippen LogP contribution in [-0.4, -0.2) is 22.3 Å². The number of aliphatic hydroxyl groups excluding tert-OH is 1. The smallest absolute Gasteiger partial charge is 0.303 e. The van der Waals surface area contributed by atoms with Gasteiger partial charge < -0.3 is 10.2 Å². The number of aliphatic hydroxyl groups is 1. The molecule has 0 aromatic carbocycles. The molecular weight excluding hydrogens is 288 g/mol. The minimum absolute atomic E-state index is 0.301. The van der Waals surface area contributed by atoms with Gasteiger partial charge in [-0.15, -0.1) is 0 Å². The lowest BCUT2D eigenvalue weighted by Crippen LogP contribution is -2.00. The molecule has 0 unspecified atom stereocenters. The molecule has 1 aliphatic carbocycles. The molecule has 1 aliphatic rings. The lowest BCUT2D eigenvalue weighted by atomic mass is 10.1. The molecule has 0 aliphatic heterocycles. The van der Waals surface area contributed by atoms with Gasteiger partial charge in [-0.2, -0.15) is 0 Å². The second-order valence-corrected chi connectivity index (χ2v) is 6.85. The minimum atomic E-state index is -0.675. The third-order valence-electron chi connectivity index (χ3n) is 4.67. The van der Waals surface area contributed by atoms with Gasteiger partial charge in [0.15, 0.2) is 0 Å². The Morgan fingerprint density at radius 2 is 1.91 bits per heavy atom. The first-order chi connectivity index (χ1) is 11.1. The first-order valence-electron chi connectivity index (χ1n) is 9.36. The van der Waals surface area contributed by atoms with Crippen LogP contribution in [0, 0.1) is 11.8 Å². The predicted molar refractivity (Wildman–Crippen MR) is 95.4 cm³/mol. The third kappa shape index (κ3) is 11.1. The van der Waals surface area contributed by atoms with Crippen molar-refractivity contribution in [1.29, 1.82) is 0 Å². The van der Waals surface area contributed by atoms with Crippen LogP contribution in [0.3, 0.4) is 0 Å². The van der Waals surface area contributed by atoms with Crippen LogP contribution >= 0.6 is 0 Å². The second kappa shape index (κ2) is 12.3. The van der Waals surface area contributed by atoms with Crippen molar-refractivity contribution in [3.05, 3.63) is 24.3 Å². The summed E-state index contributed by atoms with van der Waals surface area (Å²) in [7, 11) is 0. The van der Waals surface area contributed by atoms with E-state index in [1.165, 1.54) is 32.1 Å². The molecule has 0 heterocycles. The van der Waals surface area contributed by atoms with E-state index in [-0.39, 0.29) is 6.10 Å². The molecule has 0 saturated heterocycles. The summed E-state index contributed by atoms with van der Waals surface area (Å²) in [6.45, 7) is 2.17. The van der Waals surface area contributed by atoms with E-state index in [1.807, 2.05) is 18.2 Å². The van der Waals surface area contributed by atoms with Gasteiger partial charge >= 0.3 is 5.97 Å². The van der Waals surface area contributed by atoms with Crippen molar-refractivity contribution in [2.75, 3.05) is 0 Å². The lowest BCUT2D eigenvalue weighted by molar-refractivity contribution is -0.137. The number of allylic oxidation sites excluding steroid dienone is 3. The molecule has 0 radical (unpaired) electrons. The SMILES string of the molecule is CCCCC[C@@H](O)/C=C/C=C\CC[C@H]1C[C@H]1CCCCC(=O)O.